The van der Waals surface area contributed by atoms with E-state index in [0.29, 0.717) is 6.41 Å². The molecule has 1 aliphatic carbocycles. The van der Waals surface area contributed by atoms with Crippen LogP contribution in [0.1, 0.15) is 25.7 Å². The molecule has 0 saturated heterocycles. The second-order valence-electron chi connectivity index (χ2n) is 4.31. The lowest BCUT2D eigenvalue weighted by Gasteiger charge is -2.10. The number of carbonyl (C=O) groups excluding carboxylic acids is 2. The number of hydrogen-bond donors (Lipinski definition) is 2. The maximum absolute atomic E-state index is 11.8. The van der Waals surface area contributed by atoms with Gasteiger partial charge in [0.25, 0.3) is 0 Å². The van der Waals surface area contributed by atoms with Gasteiger partial charge in [0.15, 0.2) is 0 Å². The van der Waals surface area contributed by atoms with Gasteiger partial charge >= 0.3 is 0 Å². The molecule has 1 saturated carbocycles. The van der Waals surface area contributed by atoms with E-state index in [2.05, 4.69) is 10.6 Å². The summed E-state index contributed by atoms with van der Waals surface area (Å²) in [5.74, 6) is 0.279. The Balaban J connectivity index is 1.93. The van der Waals surface area contributed by atoms with Crippen LogP contribution in [0.4, 0.5) is 11.4 Å². The highest BCUT2D eigenvalue weighted by molar-refractivity contribution is 5.92. The predicted octanol–water partition coefficient (Wildman–Crippen LogP) is 2.38. The Kier molecular flexibility index (Phi) is 3.75. The molecule has 0 radical (unpaired) electrons. The Hall–Kier alpha value is -1.84. The van der Waals surface area contributed by atoms with Gasteiger partial charge in [-0.15, -0.1) is 0 Å². The number of carbonyl (C=O) groups is 2. The fraction of sp³-hybridized carbons (Fsp3) is 0.385. The first-order chi connectivity index (χ1) is 8.29. The fourth-order valence-electron chi connectivity index (χ4n) is 2.15. The van der Waals surface area contributed by atoms with E-state index in [1.165, 1.54) is 0 Å². The largest absolute Gasteiger partial charge is 0.329 e. The second-order valence-corrected chi connectivity index (χ2v) is 4.31. The molecule has 0 unspecified atom stereocenters. The van der Waals surface area contributed by atoms with Crippen LogP contribution in [0, 0.1) is 5.92 Å². The number of amides is 2. The number of anilines is 2. The van der Waals surface area contributed by atoms with E-state index in [1.807, 2.05) is 0 Å². The Morgan fingerprint density at radius 1 is 1.12 bits per heavy atom. The van der Waals surface area contributed by atoms with Crippen molar-refractivity contribution in [1.82, 2.24) is 0 Å². The summed E-state index contributed by atoms with van der Waals surface area (Å²) >= 11 is 0. The van der Waals surface area contributed by atoms with Crippen LogP contribution in [0.5, 0.6) is 0 Å². The van der Waals surface area contributed by atoms with Gasteiger partial charge in [0, 0.05) is 17.3 Å². The van der Waals surface area contributed by atoms with Crippen molar-refractivity contribution in [3.63, 3.8) is 0 Å². The van der Waals surface area contributed by atoms with Crippen molar-refractivity contribution >= 4 is 23.7 Å². The van der Waals surface area contributed by atoms with Gasteiger partial charge in [-0.25, -0.2) is 0 Å². The molecule has 1 aromatic rings. The summed E-state index contributed by atoms with van der Waals surface area (Å²) in [6.07, 6.45) is 4.93. The molecule has 4 nitrogen and oxygen atoms in total. The average molecular weight is 232 g/mol. The molecule has 1 fully saturated rings. The monoisotopic (exact) mass is 232 g/mol. The molecule has 0 spiro atoms. The zero-order valence-corrected chi connectivity index (χ0v) is 9.61. The van der Waals surface area contributed by atoms with E-state index in [4.69, 9.17) is 0 Å². The van der Waals surface area contributed by atoms with Crippen LogP contribution in [0.25, 0.3) is 0 Å². The average Bonchev–Trinajstić information content (AvgIpc) is 2.86. The minimum Gasteiger partial charge on any atom is -0.329 e. The number of rotatable bonds is 4. The molecule has 0 aromatic heterocycles. The number of hydrogen-bond acceptors (Lipinski definition) is 2. The highest BCUT2D eigenvalue weighted by atomic mass is 16.2. The third-order valence-electron chi connectivity index (χ3n) is 3.10. The van der Waals surface area contributed by atoms with Crippen LogP contribution >= 0.6 is 0 Å². The third kappa shape index (κ3) is 3.06. The second kappa shape index (κ2) is 5.48. The minimum absolute atomic E-state index is 0.110. The first kappa shape index (κ1) is 11.6. The van der Waals surface area contributed by atoms with Gasteiger partial charge in [-0.2, -0.15) is 0 Å². The highest BCUT2D eigenvalue weighted by Gasteiger charge is 2.22. The van der Waals surface area contributed by atoms with Crippen molar-refractivity contribution in [2.45, 2.75) is 25.7 Å². The Morgan fingerprint density at radius 3 is 2.29 bits per heavy atom. The van der Waals surface area contributed by atoms with Crippen molar-refractivity contribution in [2.24, 2.45) is 5.92 Å². The Bertz CT molecular complexity index is 394. The zero-order chi connectivity index (χ0) is 12.1. The van der Waals surface area contributed by atoms with Crippen molar-refractivity contribution in [2.75, 3.05) is 10.6 Å². The molecule has 2 N–H and O–H groups in total. The van der Waals surface area contributed by atoms with Crippen molar-refractivity contribution < 1.29 is 9.59 Å². The number of benzene rings is 1. The molecule has 0 aliphatic heterocycles. The summed E-state index contributed by atoms with van der Waals surface area (Å²) in [7, 11) is 0. The molecular weight excluding hydrogens is 216 g/mol. The van der Waals surface area contributed by atoms with Crippen molar-refractivity contribution in [3.05, 3.63) is 24.3 Å². The molecule has 17 heavy (non-hydrogen) atoms. The Morgan fingerprint density at radius 2 is 1.71 bits per heavy atom. The smallest absolute Gasteiger partial charge is 0.227 e. The van der Waals surface area contributed by atoms with E-state index < -0.39 is 0 Å². The van der Waals surface area contributed by atoms with E-state index in [9.17, 15) is 9.59 Å². The van der Waals surface area contributed by atoms with E-state index in [1.54, 1.807) is 24.3 Å². The molecule has 1 aliphatic rings. The van der Waals surface area contributed by atoms with Gasteiger partial charge in [-0.1, -0.05) is 12.8 Å². The zero-order valence-electron chi connectivity index (χ0n) is 9.61. The maximum atomic E-state index is 11.8. The molecule has 0 bridgehead atoms. The quantitative estimate of drug-likeness (QED) is 0.783. The predicted molar refractivity (Wildman–Crippen MR) is 66.7 cm³/mol. The number of nitrogens with one attached hydrogen (secondary N) is 2. The van der Waals surface area contributed by atoms with Gasteiger partial charge in [0.1, 0.15) is 0 Å². The summed E-state index contributed by atoms with van der Waals surface area (Å²) in [4.78, 5) is 22.1. The molecule has 2 rings (SSSR count). The van der Waals surface area contributed by atoms with Crippen LogP contribution in [-0.4, -0.2) is 12.3 Å². The molecule has 4 heteroatoms. The van der Waals surface area contributed by atoms with E-state index in [-0.39, 0.29) is 11.8 Å². The van der Waals surface area contributed by atoms with E-state index >= 15 is 0 Å². The van der Waals surface area contributed by atoms with Crippen molar-refractivity contribution in [3.8, 4) is 0 Å². The standard InChI is InChI=1S/C13H16N2O2/c16-9-14-11-5-7-12(8-6-11)15-13(17)10-3-1-2-4-10/h5-10H,1-4H2,(H,14,16)(H,15,17). The van der Waals surface area contributed by atoms with Crippen LogP contribution in [0.3, 0.4) is 0 Å². The molecule has 2 amide bonds. The van der Waals surface area contributed by atoms with Crippen LogP contribution in [0.2, 0.25) is 0 Å². The maximum Gasteiger partial charge on any atom is 0.227 e. The summed E-state index contributed by atoms with van der Waals surface area (Å²) < 4.78 is 0. The normalized spacial score (nSPS) is 15.5. The van der Waals surface area contributed by atoms with E-state index in [0.717, 1.165) is 37.1 Å². The molecule has 0 heterocycles. The summed E-state index contributed by atoms with van der Waals surface area (Å²) in [6, 6.07) is 7.11. The molecular formula is C13H16N2O2. The minimum atomic E-state index is 0.110. The third-order valence-corrected chi connectivity index (χ3v) is 3.10. The molecule has 0 atom stereocenters. The lowest BCUT2D eigenvalue weighted by atomic mass is 10.1. The lowest BCUT2D eigenvalue weighted by Crippen LogP contribution is -2.20. The fourth-order valence-corrected chi connectivity index (χ4v) is 2.15. The summed E-state index contributed by atoms with van der Waals surface area (Å²) in [5.41, 5.74) is 1.50. The van der Waals surface area contributed by atoms with Gasteiger partial charge < -0.3 is 10.6 Å². The Labute approximate surface area is 100 Å². The van der Waals surface area contributed by atoms with Gasteiger partial charge in [0.2, 0.25) is 12.3 Å². The summed E-state index contributed by atoms with van der Waals surface area (Å²) in [5, 5.41) is 5.45. The topological polar surface area (TPSA) is 58.2 Å². The van der Waals surface area contributed by atoms with Crippen LogP contribution < -0.4 is 10.6 Å². The SMILES string of the molecule is O=CNc1ccc(NC(=O)C2CCCC2)cc1. The molecule has 1 aromatic carbocycles. The van der Waals surface area contributed by atoms with Gasteiger partial charge in [-0.05, 0) is 37.1 Å². The first-order valence-corrected chi connectivity index (χ1v) is 5.91. The summed E-state index contributed by atoms with van der Waals surface area (Å²) in [6.45, 7) is 0. The lowest BCUT2D eigenvalue weighted by molar-refractivity contribution is -0.119. The highest BCUT2D eigenvalue weighted by Crippen LogP contribution is 2.26. The first-order valence-electron chi connectivity index (χ1n) is 5.91. The van der Waals surface area contributed by atoms with Crippen LogP contribution in [0.15, 0.2) is 24.3 Å². The van der Waals surface area contributed by atoms with Gasteiger partial charge in [0.05, 0.1) is 0 Å². The van der Waals surface area contributed by atoms with Gasteiger partial charge in [-0.3, -0.25) is 9.59 Å². The van der Waals surface area contributed by atoms with Crippen LogP contribution in [-0.2, 0) is 9.59 Å². The van der Waals surface area contributed by atoms with Crippen molar-refractivity contribution in [1.29, 1.82) is 0 Å². The molecule has 90 valence electrons.